The Morgan fingerprint density at radius 1 is 1.07 bits per heavy atom. The second-order valence-corrected chi connectivity index (χ2v) is 8.40. The van der Waals surface area contributed by atoms with Crippen molar-refractivity contribution in [1.82, 2.24) is 14.8 Å². The van der Waals surface area contributed by atoms with E-state index in [0.717, 1.165) is 5.56 Å². The first kappa shape index (κ1) is 22.0. The van der Waals surface area contributed by atoms with Gasteiger partial charge in [0.25, 0.3) is 0 Å². The molecule has 0 bridgehead atoms. The molecule has 29 heavy (non-hydrogen) atoms. The lowest BCUT2D eigenvalue weighted by molar-refractivity contribution is -0.113. The highest BCUT2D eigenvalue weighted by Crippen LogP contribution is 2.30. The zero-order chi connectivity index (χ0) is 21.0. The number of amides is 1. The third kappa shape index (κ3) is 5.47. The molecule has 0 aliphatic carbocycles. The minimum Gasteiger partial charge on any atom is -0.324 e. The van der Waals surface area contributed by atoms with E-state index in [1.807, 2.05) is 10.6 Å². The van der Waals surface area contributed by atoms with Gasteiger partial charge in [0.1, 0.15) is 0 Å². The summed E-state index contributed by atoms with van der Waals surface area (Å²) in [4.78, 5) is 12.3. The Labute approximate surface area is 192 Å². The summed E-state index contributed by atoms with van der Waals surface area (Å²) < 4.78 is 1.85. The molecule has 3 aromatic rings. The molecule has 1 N–H and O–H groups in total. The van der Waals surface area contributed by atoms with Gasteiger partial charge in [-0.25, -0.2) is 0 Å². The van der Waals surface area contributed by atoms with Crippen molar-refractivity contribution in [3.63, 3.8) is 0 Å². The second kappa shape index (κ2) is 9.87. The van der Waals surface area contributed by atoms with Crippen molar-refractivity contribution in [3.8, 4) is 11.4 Å². The van der Waals surface area contributed by atoms with Gasteiger partial charge in [0.05, 0.1) is 26.5 Å². The fraction of sp³-hybridized carbons (Fsp3) is 0.105. The Hall–Kier alpha value is -1.70. The summed E-state index contributed by atoms with van der Waals surface area (Å²) >= 11 is 25.3. The summed E-state index contributed by atoms with van der Waals surface area (Å²) in [5.41, 5.74) is 1.25. The van der Waals surface area contributed by atoms with Gasteiger partial charge in [-0.05, 0) is 36.4 Å². The molecule has 0 atom stereocenters. The summed E-state index contributed by atoms with van der Waals surface area (Å²) in [5, 5.41) is 13.5. The number of carbonyl (C=O) groups is 1. The van der Waals surface area contributed by atoms with E-state index in [9.17, 15) is 4.79 Å². The maximum absolute atomic E-state index is 12.3. The van der Waals surface area contributed by atoms with E-state index in [4.69, 9.17) is 46.4 Å². The first-order valence-electron chi connectivity index (χ1n) is 8.26. The number of anilines is 1. The highest BCUT2D eigenvalue weighted by molar-refractivity contribution is 7.99. The van der Waals surface area contributed by atoms with Crippen molar-refractivity contribution in [3.05, 3.63) is 69.1 Å². The molecule has 0 aliphatic rings. The lowest BCUT2D eigenvalue weighted by Crippen LogP contribution is -2.15. The fourth-order valence-corrected chi connectivity index (χ4v) is 3.95. The largest absolute Gasteiger partial charge is 0.324 e. The Bertz CT molecular complexity index is 1070. The Morgan fingerprint density at radius 2 is 1.86 bits per heavy atom. The molecule has 1 amide bonds. The van der Waals surface area contributed by atoms with Crippen LogP contribution in [0.4, 0.5) is 5.69 Å². The minimum atomic E-state index is -0.233. The highest BCUT2D eigenvalue weighted by atomic mass is 35.5. The van der Waals surface area contributed by atoms with Crippen LogP contribution in [-0.2, 0) is 11.3 Å². The van der Waals surface area contributed by atoms with Crippen LogP contribution in [0.2, 0.25) is 20.1 Å². The molecule has 0 spiro atoms. The molecule has 0 unspecified atom stereocenters. The van der Waals surface area contributed by atoms with Gasteiger partial charge in [-0.2, -0.15) is 0 Å². The Morgan fingerprint density at radius 3 is 2.55 bits per heavy atom. The predicted octanol–water partition coefficient (Wildman–Crippen LogP) is 6.48. The van der Waals surface area contributed by atoms with Gasteiger partial charge in [0, 0.05) is 17.1 Å². The summed E-state index contributed by atoms with van der Waals surface area (Å²) in [6.07, 6.45) is 1.72. The topological polar surface area (TPSA) is 59.8 Å². The average molecular weight is 488 g/mol. The van der Waals surface area contributed by atoms with Crippen LogP contribution in [-0.4, -0.2) is 26.4 Å². The van der Waals surface area contributed by atoms with Crippen LogP contribution in [0.1, 0.15) is 0 Å². The van der Waals surface area contributed by atoms with Gasteiger partial charge in [-0.3, -0.25) is 9.36 Å². The van der Waals surface area contributed by atoms with Gasteiger partial charge in [0.2, 0.25) is 5.91 Å². The number of nitrogens with zero attached hydrogens (tertiary/aromatic N) is 3. The van der Waals surface area contributed by atoms with Crippen LogP contribution < -0.4 is 5.32 Å². The summed E-state index contributed by atoms with van der Waals surface area (Å²) in [6.45, 7) is 4.24. The zero-order valence-corrected chi connectivity index (χ0v) is 18.7. The summed E-state index contributed by atoms with van der Waals surface area (Å²) in [5.74, 6) is 0.492. The fourth-order valence-electron chi connectivity index (χ4n) is 2.45. The second-order valence-electron chi connectivity index (χ2n) is 5.80. The molecule has 3 rings (SSSR count). The first-order chi connectivity index (χ1) is 13.9. The molecule has 150 valence electrons. The number of benzene rings is 2. The lowest BCUT2D eigenvalue weighted by Gasteiger charge is -2.09. The SMILES string of the molecule is C=CCn1c(SCC(=O)Nc2ccc(Cl)cc2Cl)nnc1-c1ccc(Cl)c(Cl)c1. The van der Waals surface area contributed by atoms with Crippen molar-refractivity contribution in [1.29, 1.82) is 0 Å². The Balaban J connectivity index is 1.75. The number of hydrogen-bond donors (Lipinski definition) is 1. The van der Waals surface area contributed by atoms with Crippen LogP contribution in [0.5, 0.6) is 0 Å². The van der Waals surface area contributed by atoms with Crippen molar-refractivity contribution in [2.75, 3.05) is 11.1 Å². The maximum Gasteiger partial charge on any atom is 0.234 e. The van der Waals surface area contributed by atoms with Gasteiger partial charge in [-0.1, -0.05) is 64.2 Å². The van der Waals surface area contributed by atoms with Crippen molar-refractivity contribution >= 4 is 69.8 Å². The number of halogens is 4. The van der Waals surface area contributed by atoms with E-state index in [-0.39, 0.29) is 11.7 Å². The molecule has 5 nitrogen and oxygen atoms in total. The van der Waals surface area contributed by atoms with Gasteiger partial charge in [-0.15, -0.1) is 16.8 Å². The molecule has 0 radical (unpaired) electrons. The van der Waals surface area contributed by atoms with Gasteiger partial charge in [0.15, 0.2) is 11.0 Å². The molecule has 10 heteroatoms. The monoisotopic (exact) mass is 486 g/mol. The molecule has 1 heterocycles. The normalized spacial score (nSPS) is 10.8. The molecule has 2 aromatic carbocycles. The standard InChI is InChI=1S/C19H14Cl4N4OS/c1-2-7-27-18(11-3-5-13(21)14(22)8-11)25-26-19(27)29-10-17(28)24-16-6-4-12(20)9-15(16)23/h2-6,8-9H,1,7,10H2,(H,24,28). The molecular weight excluding hydrogens is 474 g/mol. The highest BCUT2D eigenvalue weighted by Gasteiger charge is 2.16. The van der Waals surface area contributed by atoms with E-state index in [1.54, 1.807) is 36.4 Å². The lowest BCUT2D eigenvalue weighted by atomic mass is 10.2. The molecule has 0 aliphatic heterocycles. The average Bonchev–Trinajstić information content (AvgIpc) is 3.07. The van der Waals surface area contributed by atoms with E-state index in [0.29, 0.717) is 43.3 Å². The van der Waals surface area contributed by atoms with E-state index < -0.39 is 0 Å². The number of thioether (sulfide) groups is 1. The Kier molecular flexibility index (Phi) is 7.49. The third-order valence-electron chi connectivity index (χ3n) is 3.74. The van der Waals surface area contributed by atoms with E-state index in [1.165, 1.54) is 11.8 Å². The number of allylic oxidation sites excluding steroid dienone is 1. The van der Waals surface area contributed by atoms with Crippen LogP contribution in [0, 0.1) is 0 Å². The number of nitrogens with one attached hydrogen (secondary N) is 1. The molecule has 0 saturated carbocycles. The van der Waals surface area contributed by atoms with Crippen LogP contribution >= 0.6 is 58.2 Å². The molecule has 1 aromatic heterocycles. The molecule has 0 saturated heterocycles. The van der Waals surface area contributed by atoms with Crippen LogP contribution in [0.25, 0.3) is 11.4 Å². The minimum absolute atomic E-state index is 0.121. The maximum atomic E-state index is 12.3. The molecule has 0 fully saturated rings. The van der Waals surface area contributed by atoms with Crippen molar-refractivity contribution < 1.29 is 4.79 Å². The third-order valence-corrected chi connectivity index (χ3v) is 6.00. The number of hydrogen-bond acceptors (Lipinski definition) is 4. The zero-order valence-electron chi connectivity index (χ0n) is 14.8. The number of rotatable bonds is 7. The quantitative estimate of drug-likeness (QED) is 0.306. The summed E-state index contributed by atoms with van der Waals surface area (Å²) in [7, 11) is 0. The van der Waals surface area contributed by atoms with Gasteiger partial charge >= 0.3 is 0 Å². The van der Waals surface area contributed by atoms with Crippen molar-refractivity contribution in [2.45, 2.75) is 11.7 Å². The predicted molar refractivity (Wildman–Crippen MR) is 121 cm³/mol. The smallest absolute Gasteiger partial charge is 0.234 e. The molecular formula is C19H14Cl4N4OS. The van der Waals surface area contributed by atoms with Crippen LogP contribution in [0.15, 0.2) is 54.2 Å². The first-order valence-corrected chi connectivity index (χ1v) is 10.8. The van der Waals surface area contributed by atoms with E-state index >= 15 is 0 Å². The van der Waals surface area contributed by atoms with E-state index in [2.05, 4.69) is 22.1 Å². The van der Waals surface area contributed by atoms with Crippen LogP contribution in [0.3, 0.4) is 0 Å². The van der Waals surface area contributed by atoms with Crippen molar-refractivity contribution in [2.24, 2.45) is 0 Å². The number of carbonyl (C=O) groups excluding carboxylic acids is 1. The number of aromatic nitrogens is 3. The summed E-state index contributed by atoms with van der Waals surface area (Å²) in [6, 6.07) is 10.1. The van der Waals surface area contributed by atoms with Gasteiger partial charge < -0.3 is 5.32 Å².